The molecule has 0 saturated carbocycles. The van der Waals surface area contributed by atoms with Crippen LogP contribution < -0.4 is 10.6 Å². The predicted molar refractivity (Wildman–Crippen MR) is 90.1 cm³/mol. The van der Waals surface area contributed by atoms with E-state index < -0.39 is 0 Å². The molecule has 2 amide bonds. The number of hydrogen-bond donors (Lipinski definition) is 2. The monoisotopic (exact) mass is 316 g/mol. The molecular weight excluding hydrogens is 292 g/mol. The molecule has 0 atom stereocenters. The third-order valence-corrected chi connectivity index (χ3v) is 3.68. The second kappa shape index (κ2) is 9.79. The smallest absolute Gasteiger partial charge is 0.250 e. The van der Waals surface area contributed by atoms with E-state index in [0.29, 0.717) is 12.2 Å². The molecule has 5 nitrogen and oxygen atoms in total. The van der Waals surface area contributed by atoms with Gasteiger partial charge in [-0.05, 0) is 44.2 Å². The molecular formula is C18H24N2O3. The zero-order valence-corrected chi connectivity index (χ0v) is 13.3. The van der Waals surface area contributed by atoms with Gasteiger partial charge in [0, 0.05) is 12.2 Å². The molecule has 1 aromatic rings. The summed E-state index contributed by atoms with van der Waals surface area (Å²) in [6, 6.07) is 9.15. The van der Waals surface area contributed by atoms with Crippen molar-refractivity contribution < 1.29 is 14.3 Å². The van der Waals surface area contributed by atoms with Crippen LogP contribution in [0.5, 0.6) is 0 Å². The molecule has 5 heteroatoms. The molecule has 23 heavy (non-hydrogen) atoms. The average Bonchev–Trinajstić information content (AvgIpc) is 2.57. The fraction of sp³-hybridized carbons (Fsp3) is 0.444. The lowest BCUT2D eigenvalue weighted by Crippen LogP contribution is -2.30. The van der Waals surface area contributed by atoms with E-state index in [1.807, 2.05) is 18.2 Å². The number of rotatable bonds is 8. The fourth-order valence-electron chi connectivity index (χ4n) is 2.50. The highest BCUT2D eigenvalue weighted by Gasteiger charge is 2.07. The van der Waals surface area contributed by atoms with E-state index in [-0.39, 0.29) is 25.0 Å². The number of benzene rings is 1. The summed E-state index contributed by atoms with van der Waals surface area (Å²) in [6.45, 7) is 0.402. The summed E-state index contributed by atoms with van der Waals surface area (Å²) in [7, 11) is 0. The maximum Gasteiger partial charge on any atom is 0.250 e. The van der Waals surface area contributed by atoms with Crippen molar-refractivity contribution in [2.45, 2.75) is 32.1 Å². The highest BCUT2D eigenvalue weighted by atomic mass is 16.5. The van der Waals surface area contributed by atoms with Gasteiger partial charge in [-0.1, -0.05) is 29.8 Å². The van der Waals surface area contributed by atoms with Crippen LogP contribution in [0.1, 0.15) is 32.1 Å². The number of nitrogens with one attached hydrogen (secondary N) is 2. The van der Waals surface area contributed by atoms with Gasteiger partial charge in [-0.15, -0.1) is 0 Å². The van der Waals surface area contributed by atoms with Gasteiger partial charge in [0.1, 0.15) is 13.2 Å². The first kappa shape index (κ1) is 17.2. The Morgan fingerprint density at radius 2 is 1.83 bits per heavy atom. The number of carbonyl (C=O) groups is 2. The number of ether oxygens (including phenoxy) is 1. The van der Waals surface area contributed by atoms with Crippen molar-refractivity contribution in [2.75, 3.05) is 25.1 Å². The lowest BCUT2D eigenvalue weighted by molar-refractivity contribution is -0.128. The van der Waals surface area contributed by atoms with Crippen LogP contribution in [-0.4, -0.2) is 31.6 Å². The molecule has 0 spiro atoms. The van der Waals surface area contributed by atoms with Crippen LogP contribution >= 0.6 is 0 Å². The van der Waals surface area contributed by atoms with E-state index in [1.165, 1.54) is 18.4 Å². The van der Waals surface area contributed by atoms with Crippen molar-refractivity contribution in [2.24, 2.45) is 0 Å². The van der Waals surface area contributed by atoms with Crippen LogP contribution in [-0.2, 0) is 14.3 Å². The van der Waals surface area contributed by atoms with Crippen LogP contribution in [0.2, 0.25) is 0 Å². The molecule has 2 rings (SSSR count). The zero-order valence-electron chi connectivity index (χ0n) is 13.3. The summed E-state index contributed by atoms with van der Waals surface area (Å²) in [5, 5.41) is 5.52. The molecule has 0 bridgehead atoms. The summed E-state index contributed by atoms with van der Waals surface area (Å²) in [5.41, 5.74) is 2.14. The number of anilines is 1. The molecule has 0 aliphatic heterocycles. The molecule has 0 radical (unpaired) electrons. The van der Waals surface area contributed by atoms with Gasteiger partial charge in [-0.25, -0.2) is 0 Å². The van der Waals surface area contributed by atoms with Gasteiger partial charge in [-0.2, -0.15) is 0 Å². The highest BCUT2D eigenvalue weighted by Crippen LogP contribution is 2.19. The minimum atomic E-state index is -0.267. The fourth-order valence-corrected chi connectivity index (χ4v) is 2.50. The molecule has 0 saturated heterocycles. The molecule has 0 fully saturated rings. The van der Waals surface area contributed by atoms with E-state index in [4.69, 9.17) is 4.74 Å². The minimum absolute atomic E-state index is 0.0960. The van der Waals surface area contributed by atoms with Gasteiger partial charge in [0.15, 0.2) is 0 Å². The number of para-hydroxylation sites is 1. The SMILES string of the molecule is O=C(COCC(=O)Nc1ccccc1)NCCC1=CCCCC1. The maximum absolute atomic E-state index is 11.6. The first-order chi connectivity index (χ1) is 11.2. The Morgan fingerprint density at radius 3 is 2.57 bits per heavy atom. The van der Waals surface area contributed by atoms with Gasteiger partial charge in [0.05, 0.1) is 0 Å². The normalized spacial score (nSPS) is 14.0. The van der Waals surface area contributed by atoms with E-state index in [9.17, 15) is 9.59 Å². The third kappa shape index (κ3) is 7.10. The maximum atomic E-state index is 11.6. The van der Waals surface area contributed by atoms with Crippen LogP contribution in [0.3, 0.4) is 0 Å². The van der Waals surface area contributed by atoms with Crippen molar-refractivity contribution in [3.05, 3.63) is 42.0 Å². The zero-order chi connectivity index (χ0) is 16.3. The number of allylic oxidation sites excluding steroid dienone is 1. The number of amides is 2. The first-order valence-electron chi connectivity index (χ1n) is 8.11. The summed E-state index contributed by atoms with van der Waals surface area (Å²) in [6.07, 6.45) is 8.00. The molecule has 0 aromatic heterocycles. The molecule has 1 aliphatic carbocycles. The van der Waals surface area contributed by atoms with Crippen LogP contribution in [0.15, 0.2) is 42.0 Å². The molecule has 2 N–H and O–H groups in total. The van der Waals surface area contributed by atoms with Crippen molar-refractivity contribution in [1.29, 1.82) is 0 Å². The summed E-state index contributed by atoms with van der Waals surface area (Å²) < 4.78 is 5.13. The van der Waals surface area contributed by atoms with Crippen molar-refractivity contribution >= 4 is 17.5 Å². The summed E-state index contributed by atoms with van der Waals surface area (Å²) in [5.74, 6) is -0.453. The van der Waals surface area contributed by atoms with Crippen molar-refractivity contribution in [3.63, 3.8) is 0 Å². The topological polar surface area (TPSA) is 67.4 Å². The molecule has 1 aliphatic rings. The molecule has 0 unspecified atom stereocenters. The van der Waals surface area contributed by atoms with Crippen molar-refractivity contribution in [3.8, 4) is 0 Å². The van der Waals surface area contributed by atoms with Gasteiger partial charge in [0.25, 0.3) is 0 Å². The third-order valence-electron chi connectivity index (χ3n) is 3.68. The van der Waals surface area contributed by atoms with Gasteiger partial charge < -0.3 is 15.4 Å². The van der Waals surface area contributed by atoms with Crippen LogP contribution in [0, 0.1) is 0 Å². The second-order valence-electron chi connectivity index (χ2n) is 5.62. The highest BCUT2D eigenvalue weighted by molar-refractivity contribution is 5.91. The summed E-state index contributed by atoms with van der Waals surface area (Å²) in [4.78, 5) is 23.3. The quantitative estimate of drug-likeness (QED) is 0.725. The predicted octanol–water partition coefficient (Wildman–Crippen LogP) is 2.65. The molecule has 0 heterocycles. The Balaban J connectivity index is 1.54. The standard InChI is InChI=1S/C18H24N2O3/c21-17(19-12-11-15-7-3-1-4-8-15)13-23-14-18(22)20-16-9-5-2-6-10-16/h2,5-7,9-10H,1,3-4,8,11-14H2,(H,19,21)(H,20,22). The average molecular weight is 316 g/mol. The summed E-state index contributed by atoms with van der Waals surface area (Å²) >= 11 is 0. The van der Waals surface area contributed by atoms with E-state index in [1.54, 1.807) is 12.1 Å². The molecule has 1 aromatic carbocycles. The second-order valence-corrected chi connectivity index (χ2v) is 5.62. The number of carbonyl (C=O) groups excluding carboxylic acids is 2. The van der Waals surface area contributed by atoms with E-state index in [2.05, 4.69) is 16.7 Å². The lowest BCUT2D eigenvalue weighted by atomic mass is 9.97. The Bertz CT molecular complexity index is 540. The van der Waals surface area contributed by atoms with E-state index >= 15 is 0 Å². The number of hydrogen-bond acceptors (Lipinski definition) is 3. The van der Waals surface area contributed by atoms with Crippen molar-refractivity contribution in [1.82, 2.24) is 5.32 Å². The Kier molecular flexibility index (Phi) is 7.33. The van der Waals surface area contributed by atoms with Gasteiger partial charge >= 0.3 is 0 Å². The molecule has 124 valence electrons. The Morgan fingerprint density at radius 1 is 1.04 bits per heavy atom. The van der Waals surface area contributed by atoms with Crippen LogP contribution in [0.25, 0.3) is 0 Å². The minimum Gasteiger partial charge on any atom is -0.362 e. The van der Waals surface area contributed by atoms with Gasteiger partial charge in [0.2, 0.25) is 11.8 Å². The van der Waals surface area contributed by atoms with Crippen LogP contribution in [0.4, 0.5) is 5.69 Å². The lowest BCUT2D eigenvalue weighted by Gasteiger charge is -2.13. The van der Waals surface area contributed by atoms with Gasteiger partial charge in [-0.3, -0.25) is 9.59 Å². The Hall–Kier alpha value is -2.14. The first-order valence-corrected chi connectivity index (χ1v) is 8.11. The van der Waals surface area contributed by atoms with E-state index in [0.717, 1.165) is 19.3 Å². The Labute approximate surface area is 137 Å². The largest absolute Gasteiger partial charge is 0.362 e.